The Labute approximate surface area is 121 Å². The van der Waals surface area contributed by atoms with Crippen molar-refractivity contribution < 1.29 is 13.9 Å². The first-order chi connectivity index (χ1) is 9.65. The van der Waals surface area contributed by atoms with Gasteiger partial charge in [-0.25, -0.2) is 4.39 Å². The van der Waals surface area contributed by atoms with Gasteiger partial charge in [0.05, 0.1) is 0 Å². The van der Waals surface area contributed by atoms with Gasteiger partial charge in [-0.05, 0) is 30.7 Å². The Morgan fingerprint density at radius 2 is 2.05 bits per heavy atom. The quantitative estimate of drug-likeness (QED) is 0.847. The van der Waals surface area contributed by atoms with Crippen molar-refractivity contribution in [3.63, 3.8) is 0 Å². The zero-order valence-electron chi connectivity index (χ0n) is 10.7. The fraction of sp³-hybridized carbons (Fsp3) is 0.188. The lowest BCUT2D eigenvalue weighted by Crippen LogP contribution is -2.00. The van der Waals surface area contributed by atoms with Gasteiger partial charge in [-0.2, -0.15) is 0 Å². The van der Waals surface area contributed by atoms with Crippen molar-refractivity contribution in [3.8, 4) is 5.75 Å². The van der Waals surface area contributed by atoms with Crippen molar-refractivity contribution in [3.05, 3.63) is 63.9 Å². The summed E-state index contributed by atoms with van der Waals surface area (Å²) >= 11 is 6.00. The summed E-state index contributed by atoms with van der Waals surface area (Å²) in [6.45, 7) is 0.182. The van der Waals surface area contributed by atoms with Crippen LogP contribution in [0.5, 0.6) is 5.75 Å². The molecule has 3 rings (SSSR count). The molecule has 0 heterocycles. The monoisotopic (exact) mass is 290 g/mol. The van der Waals surface area contributed by atoms with Crippen LogP contribution in [0.1, 0.15) is 27.9 Å². The Hall–Kier alpha value is -1.87. The van der Waals surface area contributed by atoms with Gasteiger partial charge in [-0.1, -0.05) is 23.7 Å². The second-order valence-electron chi connectivity index (χ2n) is 4.73. The number of halogens is 2. The summed E-state index contributed by atoms with van der Waals surface area (Å²) < 4.78 is 18.9. The topological polar surface area (TPSA) is 26.3 Å². The summed E-state index contributed by atoms with van der Waals surface area (Å²) in [7, 11) is 0. The minimum atomic E-state index is -0.346. The second kappa shape index (κ2) is 5.25. The van der Waals surface area contributed by atoms with Crippen LogP contribution in [0.15, 0.2) is 36.4 Å². The largest absolute Gasteiger partial charge is 0.489 e. The second-order valence-corrected chi connectivity index (χ2v) is 5.14. The van der Waals surface area contributed by atoms with Gasteiger partial charge in [-0.15, -0.1) is 0 Å². The third-order valence-electron chi connectivity index (χ3n) is 3.43. The molecular weight excluding hydrogens is 279 g/mol. The molecule has 0 unspecified atom stereocenters. The van der Waals surface area contributed by atoms with Gasteiger partial charge in [-0.3, -0.25) is 4.79 Å². The first-order valence-corrected chi connectivity index (χ1v) is 6.75. The SMILES string of the molecule is O=C1CCc2c(OCc3cc(F)ccc3Cl)cccc21. The van der Waals surface area contributed by atoms with Crippen LogP contribution in [-0.2, 0) is 13.0 Å². The third-order valence-corrected chi connectivity index (χ3v) is 3.80. The van der Waals surface area contributed by atoms with Gasteiger partial charge in [0.15, 0.2) is 5.78 Å². The lowest BCUT2D eigenvalue weighted by atomic mass is 10.1. The summed E-state index contributed by atoms with van der Waals surface area (Å²) in [6, 6.07) is 9.61. The highest BCUT2D eigenvalue weighted by molar-refractivity contribution is 6.31. The number of ketones is 1. The molecule has 2 aromatic rings. The van der Waals surface area contributed by atoms with E-state index >= 15 is 0 Å². The van der Waals surface area contributed by atoms with E-state index in [1.807, 2.05) is 12.1 Å². The highest BCUT2D eigenvalue weighted by Crippen LogP contribution is 2.31. The van der Waals surface area contributed by atoms with Crippen LogP contribution in [0.25, 0.3) is 0 Å². The molecule has 0 aromatic heterocycles. The Bertz CT molecular complexity index is 682. The van der Waals surface area contributed by atoms with E-state index in [1.54, 1.807) is 6.07 Å². The van der Waals surface area contributed by atoms with Crippen molar-refractivity contribution >= 4 is 17.4 Å². The van der Waals surface area contributed by atoms with Crippen LogP contribution in [0.4, 0.5) is 4.39 Å². The van der Waals surface area contributed by atoms with Crippen LogP contribution in [-0.4, -0.2) is 5.78 Å². The minimum Gasteiger partial charge on any atom is -0.489 e. The molecule has 102 valence electrons. The lowest BCUT2D eigenvalue weighted by molar-refractivity contribution is 0.0994. The maximum atomic E-state index is 13.2. The lowest BCUT2D eigenvalue weighted by Gasteiger charge is -2.11. The summed E-state index contributed by atoms with van der Waals surface area (Å²) in [6.07, 6.45) is 1.22. The van der Waals surface area contributed by atoms with Crippen molar-refractivity contribution in [2.45, 2.75) is 19.4 Å². The molecule has 0 radical (unpaired) electrons. The molecule has 0 saturated heterocycles. The zero-order chi connectivity index (χ0) is 14.1. The maximum absolute atomic E-state index is 13.2. The smallest absolute Gasteiger partial charge is 0.163 e. The number of ether oxygens (including phenoxy) is 1. The predicted molar refractivity (Wildman–Crippen MR) is 74.8 cm³/mol. The number of carbonyl (C=O) groups excluding carboxylic acids is 1. The summed E-state index contributed by atoms with van der Waals surface area (Å²) in [5, 5.41) is 0.468. The van der Waals surface area contributed by atoms with Gasteiger partial charge in [0.1, 0.15) is 18.2 Å². The Balaban J connectivity index is 1.83. The van der Waals surface area contributed by atoms with Gasteiger partial charge < -0.3 is 4.74 Å². The number of benzene rings is 2. The van der Waals surface area contributed by atoms with E-state index in [0.29, 0.717) is 29.2 Å². The number of hydrogen-bond acceptors (Lipinski definition) is 2. The van der Waals surface area contributed by atoms with Crippen LogP contribution in [0.2, 0.25) is 5.02 Å². The molecule has 1 aliphatic carbocycles. The van der Waals surface area contributed by atoms with Gasteiger partial charge in [0.25, 0.3) is 0 Å². The van der Waals surface area contributed by atoms with Gasteiger partial charge in [0.2, 0.25) is 0 Å². The first kappa shape index (κ1) is 13.1. The Kier molecular flexibility index (Phi) is 3.45. The molecule has 2 nitrogen and oxygen atoms in total. The molecule has 1 aliphatic rings. The fourth-order valence-corrected chi connectivity index (χ4v) is 2.57. The number of carbonyl (C=O) groups is 1. The van der Waals surface area contributed by atoms with E-state index in [4.69, 9.17) is 16.3 Å². The number of rotatable bonds is 3. The molecule has 0 bridgehead atoms. The number of fused-ring (bicyclic) bond motifs is 1. The van der Waals surface area contributed by atoms with E-state index in [2.05, 4.69) is 0 Å². The first-order valence-electron chi connectivity index (χ1n) is 6.37. The van der Waals surface area contributed by atoms with Crippen LogP contribution in [0, 0.1) is 5.82 Å². The predicted octanol–water partition coefficient (Wildman–Crippen LogP) is 4.19. The van der Waals surface area contributed by atoms with E-state index in [1.165, 1.54) is 18.2 Å². The van der Waals surface area contributed by atoms with Gasteiger partial charge >= 0.3 is 0 Å². The molecule has 4 heteroatoms. The van der Waals surface area contributed by atoms with Crippen LogP contribution >= 0.6 is 11.6 Å². The molecule has 0 aliphatic heterocycles. The molecule has 0 saturated carbocycles. The average molecular weight is 291 g/mol. The summed E-state index contributed by atoms with van der Waals surface area (Å²) in [5.74, 6) is 0.476. The number of hydrogen-bond donors (Lipinski definition) is 0. The van der Waals surface area contributed by atoms with E-state index in [0.717, 1.165) is 11.1 Å². The highest BCUT2D eigenvalue weighted by atomic mass is 35.5. The van der Waals surface area contributed by atoms with Crippen LogP contribution in [0.3, 0.4) is 0 Å². The molecule has 0 spiro atoms. The Morgan fingerprint density at radius 3 is 2.90 bits per heavy atom. The molecular formula is C16H12ClFO2. The standard InChI is InChI=1S/C16H12ClFO2/c17-14-6-4-11(18)8-10(14)9-20-16-3-1-2-12-13(16)5-7-15(12)19/h1-4,6,8H,5,7,9H2. The van der Waals surface area contributed by atoms with E-state index in [9.17, 15) is 9.18 Å². The summed E-state index contributed by atoms with van der Waals surface area (Å²) in [4.78, 5) is 11.7. The van der Waals surface area contributed by atoms with Crippen LogP contribution < -0.4 is 4.74 Å². The summed E-state index contributed by atoms with van der Waals surface area (Å²) in [5.41, 5.74) is 2.26. The maximum Gasteiger partial charge on any atom is 0.163 e. The van der Waals surface area contributed by atoms with Crippen molar-refractivity contribution in [2.75, 3.05) is 0 Å². The number of Topliss-reactive ketones (excluding diaryl/α,β-unsaturated/α-hetero) is 1. The fourth-order valence-electron chi connectivity index (χ4n) is 2.40. The Morgan fingerprint density at radius 1 is 1.20 bits per heavy atom. The third kappa shape index (κ3) is 2.41. The van der Waals surface area contributed by atoms with E-state index in [-0.39, 0.29) is 18.2 Å². The molecule has 0 N–H and O–H groups in total. The normalized spacial score (nSPS) is 13.4. The highest BCUT2D eigenvalue weighted by Gasteiger charge is 2.22. The average Bonchev–Trinajstić information content (AvgIpc) is 2.82. The minimum absolute atomic E-state index is 0.147. The molecule has 0 amide bonds. The van der Waals surface area contributed by atoms with Crippen molar-refractivity contribution in [2.24, 2.45) is 0 Å². The molecule has 0 fully saturated rings. The molecule has 20 heavy (non-hydrogen) atoms. The molecule has 0 atom stereocenters. The van der Waals surface area contributed by atoms with Crippen molar-refractivity contribution in [1.29, 1.82) is 0 Å². The zero-order valence-corrected chi connectivity index (χ0v) is 11.4. The van der Waals surface area contributed by atoms with Crippen molar-refractivity contribution in [1.82, 2.24) is 0 Å². The van der Waals surface area contributed by atoms with E-state index < -0.39 is 0 Å². The van der Waals surface area contributed by atoms with Gasteiger partial charge in [0, 0.05) is 28.1 Å². The molecule has 2 aromatic carbocycles.